The fourth-order valence-corrected chi connectivity index (χ4v) is 5.57. The van der Waals surface area contributed by atoms with Gasteiger partial charge in [-0.3, -0.25) is 14.4 Å². The van der Waals surface area contributed by atoms with Crippen molar-refractivity contribution in [3.05, 3.63) is 24.3 Å². The summed E-state index contributed by atoms with van der Waals surface area (Å²) in [6.07, 6.45) is 5.72. The third-order valence-corrected chi connectivity index (χ3v) is 7.76. The minimum atomic E-state index is -0.775. The van der Waals surface area contributed by atoms with Gasteiger partial charge in [-0.1, -0.05) is 32.9 Å². The van der Waals surface area contributed by atoms with Crippen LogP contribution in [0.5, 0.6) is 0 Å². The average molecular weight is 405 g/mol. The molecule has 6 atom stereocenters. The van der Waals surface area contributed by atoms with Crippen LogP contribution in [0.1, 0.15) is 74.1 Å². The topological polar surface area (TPSA) is 69.7 Å². The molecule has 5 heteroatoms. The predicted octanol–water partition coefficient (Wildman–Crippen LogP) is 4.79. The van der Waals surface area contributed by atoms with Crippen LogP contribution in [-0.4, -0.2) is 29.4 Å². The molecule has 2 aliphatic carbocycles. The van der Waals surface area contributed by atoms with Gasteiger partial charge in [-0.2, -0.15) is 0 Å². The van der Waals surface area contributed by atoms with E-state index in [0.29, 0.717) is 19.3 Å². The second-order valence-corrected chi connectivity index (χ2v) is 9.72. The number of carbonyl (C=O) groups is 3. The molecule has 0 aliphatic heterocycles. The molecule has 1 fully saturated rings. The van der Waals surface area contributed by atoms with Crippen LogP contribution in [0.25, 0.3) is 0 Å². The summed E-state index contributed by atoms with van der Waals surface area (Å²) < 4.78 is 11.3. The van der Waals surface area contributed by atoms with Gasteiger partial charge in [0.1, 0.15) is 11.7 Å². The number of allylic oxidation sites excluding steroid dienone is 2. The van der Waals surface area contributed by atoms with Gasteiger partial charge in [-0.15, -0.1) is 0 Å². The fraction of sp³-hybridized carbons (Fsp3) is 0.708. The van der Waals surface area contributed by atoms with E-state index in [4.69, 9.17) is 9.47 Å². The predicted molar refractivity (Wildman–Crippen MR) is 112 cm³/mol. The number of ketones is 1. The quantitative estimate of drug-likeness (QED) is 0.470. The first-order chi connectivity index (χ1) is 13.3. The normalized spacial score (nSPS) is 36.3. The minimum absolute atomic E-state index is 0.0644. The highest BCUT2D eigenvalue weighted by Crippen LogP contribution is 2.62. The van der Waals surface area contributed by atoms with Crippen molar-refractivity contribution in [2.75, 3.05) is 0 Å². The van der Waals surface area contributed by atoms with Gasteiger partial charge < -0.3 is 9.47 Å². The van der Waals surface area contributed by atoms with Crippen LogP contribution >= 0.6 is 0 Å². The summed E-state index contributed by atoms with van der Waals surface area (Å²) in [5.74, 6) is -0.282. The maximum absolute atomic E-state index is 12.5. The Balaban J connectivity index is 2.45. The SMILES string of the molecule is C=CC(C)(CC[C@]1(C)[C@H]2CC(=O)C=C(C)[C@]2(C)C[C@@H](OC(C)=O)[C@@H]1C)OC(C)=O. The van der Waals surface area contributed by atoms with Crippen molar-refractivity contribution in [3.8, 4) is 0 Å². The number of rotatable bonds is 6. The molecular weight excluding hydrogens is 368 g/mol. The number of hydrogen-bond acceptors (Lipinski definition) is 5. The van der Waals surface area contributed by atoms with Crippen molar-refractivity contribution in [1.29, 1.82) is 0 Å². The smallest absolute Gasteiger partial charge is 0.303 e. The Hall–Kier alpha value is -1.91. The lowest BCUT2D eigenvalue weighted by atomic mass is 9.46. The minimum Gasteiger partial charge on any atom is -0.462 e. The Morgan fingerprint density at radius 1 is 1.31 bits per heavy atom. The highest BCUT2D eigenvalue weighted by Gasteiger charge is 2.58. The first-order valence-corrected chi connectivity index (χ1v) is 10.5. The van der Waals surface area contributed by atoms with Crippen LogP contribution in [0.2, 0.25) is 0 Å². The third-order valence-electron chi connectivity index (χ3n) is 7.76. The molecule has 0 amide bonds. The number of ether oxygens (including phenoxy) is 2. The van der Waals surface area contributed by atoms with Gasteiger partial charge in [0, 0.05) is 20.3 Å². The second kappa shape index (κ2) is 8.08. The molecule has 2 aliphatic rings. The molecule has 0 bridgehead atoms. The lowest BCUT2D eigenvalue weighted by Crippen LogP contribution is -2.57. The Kier molecular flexibility index (Phi) is 6.51. The van der Waals surface area contributed by atoms with E-state index in [-0.39, 0.29) is 46.5 Å². The highest BCUT2D eigenvalue weighted by atomic mass is 16.6. The Labute approximate surface area is 174 Å². The summed E-state index contributed by atoms with van der Waals surface area (Å²) in [7, 11) is 0. The molecule has 0 aromatic heterocycles. The van der Waals surface area contributed by atoms with Gasteiger partial charge in [0.2, 0.25) is 0 Å². The van der Waals surface area contributed by atoms with E-state index in [1.54, 1.807) is 12.2 Å². The number of carbonyl (C=O) groups excluding carboxylic acids is 3. The van der Waals surface area contributed by atoms with Gasteiger partial charge in [0.05, 0.1) is 0 Å². The molecule has 1 unspecified atom stereocenters. The van der Waals surface area contributed by atoms with E-state index in [1.807, 2.05) is 13.8 Å². The van der Waals surface area contributed by atoms with Gasteiger partial charge >= 0.3 is 11.9 Å². The van der Waals surface area contributed by atoms with Crippen LogP contribution in [0, 0.1) is 22.7 Å². The number of fused-ring (bicyclic) bond motifs is 1. The average Bonchev–Trinajstić information content (AvgIpc) is 2.60. The molecule has 29 heavy (non-hydrogen) atoms. The van der Waals surface area contributed by atoms with E-state index in [2.05, 4.69) is 27.4 Å². The summed E-state index contributed by atoms with van der Waals surface area (Å²) >= 11 is 0. The van der Waals surface area contributed by atoms with E-state index < -0.39 is 5.60 Å². The molecule has 0 spiro atoms. The van der Waals surface area contributed by atoms with Crippen molar-refractivity contribution in [2.45, 2.75) is 85.9 Å². The lowest BCUT2D eigenvalue weighted by Gasteiger charge is -2.59. The van der Waals surface area contributed by atoms with Crippen LogP contribution in [-0.2, 0) is 23.9 Å². The van der Waals surface area contributed by atoms with Crippen LogP contribution < -0.4 is 0 Å². The van der Waals surface area contributed by atoms with Gasteiger partial charge in [0.15, 0.2) is 5.78 Å². The molecular formula is C24H36O5. The zero-order valence-corrected chi connectivity index (χ0v) is 19.0. The lowest BCUT2D eigenvalue weighted by molar-refractivity contribution is -0.174. The summed E-state index contributed by atoms with van der Waals surface area (Å²) in [5, 5.41) is 0. The van der Waals surface area contributed by atoms with Crippen molar-refractivity contribution >= 4 is 17.7 Å². The highest BCUT2D eigenvalue weighted by molar-refractivity contribution is 5.92. The molecule has 0 aromatic carbocycles. The molecule has 2 rings (SSSR count). The largest absolute Gasteiger partial charge is 0.462 e. The van der Waals surface area contributed by atoms with Gasteiger partial charge in [-0.05, 0) is 67.9 Å². The summed E-state index contributed by atoms with van der Waals surface area (Å²) in [4.78, 5) is 35.8. The first kappa shape index (κ1) is 23.4. The molecule has 0 N–H and O–H groups in total. The van der Waals surface area contributed by atoms with E-state index >= 15 is 0 Å². The standard InChI is InChI=1S/C24H36O5/c1-9-22(6,29-18(5)26)10-11-23(7)16(3)20(28-17(4)25)14-24(8)15(2)12-19(27)13-21(23)24/h9,12,16,20-21H,1,10-11,13-14H2,2-8H3/t16-,20+,21+,22?,23-,24-/m0/s1. The molecule has 0 heterocycles. The van der Waals surface area contributed by atoms with Crippen molar-refractivity contribution in [2.24, 2.45) is 22.7 Å². The Bertz CT molecular complexity index is 738. The van der Waals surface area contributed by atoms with E-state index in [1.165, 1.54) is 13.8 Å². The first-order valence-electron chi connectivity index (χ1n) is 10.5. The Morgan fingerprint density at radius 3 is 2.45 bits per heavy atom. The van der Waals surface area contributed by atoms with Crippen molar-refractivity contribution < 1.29 is 23.9 Å². The number of hydrogen-bond donors (Lipinski definition) is 0. The molecule has 0 aromatic rings. The fourth-order valence-electron chi connectivity index (χ4n) is 5.57. The third kappa shape index (κ3) is 4.49. The second-order valence-electron chi connectivity index (χ2n) is 9.72. The summed E-state index contributed by atoms with van der Waals surface area (Å²) in [5.41, 5.74) is -0.215. The van der Waals surface area contributed by atoms with E-state index in [0.717, 1.165) is 12.0 Å². The maximum Gasteiger partial charge on any atom is 0.303 e. The molecule has 5 nitrogen and oxygen atoms in total. The molecule has 0 radical (unpaired) electrons. The maximum atomic E-state index is 12.5. The van der Waals surface area contributed by atoms with Gasteiger partial charge in [0.25, 0.3) is 0 Å². The Morgan fingerprint density at radius 2 is 1.93 bits per heavy atom. The molecule has 1 saturated carbocycles. The van der Waals surface area contributed by atoms with Gasteiger partial charge in [-0.25, -0.2) is 0 Å². The molecule has 0 saturated heterocycles. The monoisotopic (exact) mass is 404 g/mol. The number of esters is 2. The van der Waals surface area contributed by atoms with E-state index in [9.17, 15) is 14.4 Å². The summed E-state index contributed by atoms with van der Waals surface area (Å²) in [6.45, 7) is 17.1. The zero-order valence-electron chi connectivity index (χ0n) is 19.0. The van der Waals surface area contributed by atoms with Crippen molar-refractivity contribution in [1.82, 2.24) is 0 Å². The van der Waals surface area contributed by atoms with Crippen molar-refractivity contribution in [3.63, 3.8) is 0 Å². The summed E-state index contributed by atoms with van der Waals surface area (Å²) in [6, 6.07) is 0. The van der Waals surface area contributed by atoms with Crippen LogP contribution in [0.15, 0.2) is 24.3 Å². The molecule has 162 valence electrons. The zero-order chi connectivity index (χ0) is 22.2. The van der Waals surface area contributed by atoms with Crippen LogP contribution in [0.3, 0.4) is 0 Å². The van der Waals surface area contributed by atoms with Crippen LogP contribution in [0.4, 0.5) is 0 Å².